The summed E-state index contributed by atoms with van der Waals surface area (Å²) in [5.41, 5.74) is 8.95. The number of methoxy groups -OCH3 is 1. The Balaban J connectivity index is 1.38. The third-order valence-electron chi connectivity index (χ3n) is 7.93. The maximum Gasteiger partial charge on any atom is 0.259 e. The summed E-state index contributed by atoms with van der Waals surface area (Å²) in [5.74, 6) is -0.0195. The van der Waals surface area contributed by atoms with Crippen molar-refractivity contribution >= 4 is 39.0 Å². The van der Waals surface area contributed by atoms with Crippen LogP contribution in [0, 0.1) is 5.92 Å². The normalized spacial score (nSPS) is 21.5. The van der Waals surface area contributed by atoms with Gasteiger partial charge in [-0.1, -0.05) is 0 Å². The number of nitrogens with zero attached hydrogens (tertiary/aromatic N) is 4. The summed E-state index contributed by atoms with van der Waals surface area (Å²) in [6.45, 7) is 2.43. The first-order valence-corrected chi connectivity index (χ1v) is 14.9. The minimum absolute atomic E-state index is 0.0140. The van der Waals surface area contributed by atoms with E-state index in [1.165, 1.54) is 4.52 Å². The van der Waals surface area contributed by atoms with Crippen LogP contribution < -0.4 is 15.8 Å². The van der Waals surface area contributed by atoms with E-state index in [1.807, 2.05) is 17.9 Å². The molecular formula is C26H31N7O5S. The van der Waals surface area contributed by atoms with E-state index >= 15 is 0 Å². The largest absolute Gasteiger partial charge is 0.381 e. The van der Waals surface area contributed by atoms with Crippen molar-refractivity contribution in [1.29, 1.82) is 0 Å². The first-order valence-electron chi connectivity index (χ1n) is 13.0. The van der Waals surface area contributed by atoms with E-state index in [-0.39, 0.29) is 52.7 Å². The van der Waals surface area contributed by atoms with Crippen molar-refractivity contribution in [3.63, 3.8) is 0 Å². The van der Waals surface area contributed by atoms with Crippen molar-refractivity contribution < 1.29 is 22.7 Å². The summed E-state index contributed by atoms with van der Waals surface area (Å²) in [6.07, 6.45) is 6.45. The number of carbonyl (C=O) groups is 2. The number of ether oxygens (including phenoxy) is 1. The predicted octanol–water partition coefficient (Wildman–Crippen LogP) is 2.01. The molecule has 3 heterocycles. The van der Waals surface area contributed by atoms with E-state index in [1.54, 1.807) is 25.4 Å². The summed E-state index contributed by atoms with van der Waals surface area (Å²) < 4.78 is 33.7. The lowest BCUT2D eigenvalue weighted by molar-refractivity contribution is 0.0176. The number of aromatic nitrogens is 3. The molecule has 12 nitrogen and oxygen atoms in total. The highest BCUT2D eigenvalue weighted by Crippen LogP contribution is 2.41. The fraction of sp³-hybridized carbons (Fsp3) is 0.462. The average Bonchev–Trinajstić information content (AvgIpc) is 3.56. The molecule has 13 heteroatoms. The van der Waals surface area contributed by atoms with Gasteiger partial charge in [-0.25, -0.2) is 17.9 Å². The van der Waals surface area contributed by atoms with Crippen molar-refractivity contribution in [2.24, 2.45) is 5.92 Å². The molecule has 206 valence electrons. The Morgan fingerprint density at radius 2 is 2.00 bits per heavy atom. The zero-order valence-electron chi connectivity index (χ0n) is 22.0. The Hall–Kier alpha value is -3.71. The second-order valence-corrected chi connectivity index (χ2v) is 12.5. The number of hydrogen-bond donors (Lipinski definition) is 3. The van der Waals surface area contributed by atoms with Crippen molar-refractivity contribution in [2.75, 3.05) is 23.8 Å². The number of nitrogens with one attached hydrogen (secondary N) is 2. The highest BCUT2D eigenvalue weighted by molar-refractivity contribution is 7.92. The minimum atomic E-state index is -3.66. The third-order valence-corrected chi connectivity index (χ3v) is 8.52. The highest BCUT2D eigenvalue weighted by Gasteiger charge is 2.40. The van der Waals surface area contributed by atoms with Gasteiger partial charge in [0.2, 0.25) is 10.0 Å². The molecule has 0 bridgehead atoms. The van der Waals surface area contributed by atoms with E-state index in [4.69, 9.17) is 15.5 Å². The average molecular weight is 554 g/mol. The molecule has 0 spiro atoms. The Morgan fingerprint density at radius 1 is 1.26 bits per heavy atom. The van der Waals surface area contributed by atoms with Gasteiger partial charge in [-0.2, -0.15) is 0 Å². The van der Waals surface area contributed by atoms with E-state index in [2.05, 4.69) is 15.1 Å². The van der Waals surface area contributed by atoms with Crippen LogP contribution in [0.25, 0.3) is 16.9 Å². The van der Waals surface area contributed by atoms with Crippen LogP contribution in [0.4, 0.5) is 11.5 Å². The van der Waals surface area contributed by atoms with Crippen LogP contribution in [-0.4, -0.2) is 71.3 Å². The highest BCUT2D eigenvalue weighted by atomic mass is 32.2. The second-order valence-electron chi connectivity index (χ2n) is 10.8. The van der Waals surface area contributed by atoms with Gasteiger partial charge in [0.1, 0.15) is 5.56 Å². The second kappa shape index (κ2) is 9.19. The topological polar surface area (TPSA) is 161 Å². The quantitative estimate of drug-likeness (QED) is 0.382. The van der Waals surface area contributed by atoms with Crippen LogP contribution in [0.2, 0.25) is 0 Å². The lowest BCUT2D eigenvalue weighted by atomic mass is 9.89. The molecule has 2 aromatic heterocycles. The number of amides is 2. The fourth-order valence-corrected chi connectivity index (χ4v) is 6.09. The zero-order chi connectivity index (χ0) is 27.6. The SMILES string of the molecule is CO[C@H]1C[C@H](NC(=O)c2c(N)nn3ccc(-c4cc5c(c(NS(C)(=O)=O)c4)C(=O)N([C@@H](C)C4CC4)C5)nc23)C1. The molecule has 1 aliphatic heterocycles. The monoisotopic (exact) mass is 553 g/mol. The van der Waals surface area contributed by atoms with Crippen molar-refractivity contribution in [3.8, 4) is 11.3 Å². The predicted molar refractivity (Wildman–Crippen MR) is 145 cm³/mol. The minimum Gasteiger partial charge on any atom is -0.381 e. The molecule has 39 heavy (non-hydrogen) atoms. The van der Waals surface area contributed by atoms with Crippen molar-refractivity contribution in [3.05, 3.63) is 41.1 Å². The molecule has 3 aromatic rings. The first-order chi connectivity index (χ1) is 18.5. The first kappa shape index (κ1) is 25.6. The number of nitrogen functional groups attached to an aromatic ring is 1. The number of rotatable bonds is 8. The van der Waals surface area contributed by atoms with Crippen LogP contribution in [0.5, 0.6) is 0 Å². The van der Waals surface area contributed by atoms with Crippen LogP contribution in [0.3, 0.4) is 0 Å². The molecule has 2 aliphatic carbocycles. The Labute approximate surface area is 226 Å². The number of sulfonamides is 1. The molecule has 0 unspecified atom stereocenters. The van der Waals surface area contributed by atoms with Crippen LogP contribution in [0.1, 0.15) is 58.9 Å². The van der Waals surface area contributed by atoms with Crippen molar-refractivity contribution in [1.82, 2.24) is 24.8 Å². The van der Waals surface area contributed by atoms with Gasteiger partial charge in [0.15, 0.2) is 11.5 Å². The molecule has 2 amide bonds. The lowest BCUT2D eigenvalue weighted by Gasteiger charge is -2.34. The van der Waals surface area contributed by atoms with Gasteiger partial charge in [-0.15, -0.1) is 5.10 Å². The van der Waals surface area contributed by atoms with Crippen LogP contribution in [0.15, 0.2) is 24.4 Å². The number of anilines is 2. The lowest BCUT2D eigenvalue weighted by Crippen LogP contribution is -2.47. The van der Waals surface area contributed by atoms with Gasteiger partial charge in [0.05, 0.1) is 29.3 Å². The molecule has 1 atom stereocenters. The standard InChI is InChI=1S/C26H31N7O5S/c1-13(14-4-5-14)32-12-16-8-15(9-20(21(16)26(32)35)31-39(3,36)37)19-6-7-33-24(29-19)22(23(27)30-33)25(34)28-17-10-18(11-17)38-2/h6-9,13-14,17-18,31H,4-5,10-12H2,1-3H3,(H2,27,30)(H,28,34)/t13-,17-,18-/m0/s1. The fourth-order valence-electron chi connectivity index (χ4n) is 5.53. The number of fused-ring (bicyclic) bond motifs is 2. The number of hydrogen-bond acceptors (Lipinski definition) is 8. The molecule has 6 rings (SSSR count). The van der Waals surface area contributed by atoms with E-state index in [0.717, 1.165) is 37.5 Å². The van der Waals surface area contributed by atoms with E-state index in [9.17, 15) is 18.0 Å². The molecule has 1 aromatic carbocycles. The molecule has 3 aliphatic rings. The Bertz CT molecular complexity index is 1610. The van der Waals surface area contributed by atoms with Gasteiger partial charge in [-0.3, -0.25) is 14.3 Å². The number of nitrogens with two attached hydrogens (primary N) is 1. The number of benzene rings is 1. The third kappa shape index (κ3) is 4.69. The van der Waals surface area contributed by atoms with Gasteiger partial charge >= 0.3 is 0 Å². The van der Waals surface area contributed by atoms with Gasteiger partial charge in [0.25, 0.3) is 11.8 Å². The molecule has 0 saturated heterocycles. The summed E-state index contributed by atoms with van der Waals surface area (Å²) >= 11 is 0. The molecular weight excluding hydrogens is 522 g/mol. The summed E-state index contributed by atoms with van der Waals surface area (Å²) in [6, 6.07) is 5.24. The van der Waals surface area contributed by atoms with Gasteiger partial charge in [-0.05, 0) is 62.3 Å². The summed E-state index contributed by atoms with van der Waals surface area (Å²) in [4.78, 5) is 33.0. The molecule has 0 radical (unpaired) electrons. The van der Waals surface area contributed by atoms with E-state index in [0.29, 0.717) is 29.3 Å². The molecule has 2 saturated carbocycles. The smallest absolute Gasteiger partial charge is 0.259 e. The molecule has 4 N–H and O–H groups in total. The Kier molecular flexibility index (Phi) is 6.03. The zero-order valence-corrected chi connectivity index (χ0v) is 22.8. The molecule has 2 fully saturated rings. The van der Waals surface area contributed by atoms with Gasteiger partial charge < -0.3 is 20.7 Å². The van der Waals surface area contributed by atoms with Gasteiger partial charge in [0, 0.05) is 37.5 Å². The number of carbonyl (C=O) groups excluding carboxylic acids is 2. The van der Waals surface area contributed by atoms with Crippen LogP contribution >= 0.6 is 0 Å². The van der Waals surface area contributed by atoms with Crippen LogP contribution in [-0.2, 0) is 21.3 Å². The summed E-state index contributed by atoms with van der Waals surface area (Å²) in [7, 11) is -2.01. The van der Waals surface area contributed by atoms with E-state index < -0.39 is 10.0 Å². The maximum atomic E-state index is 13.4. The summed E-state index contributed by atoms with van der Waals surface area (Å²) in [5, 5.41) is 7.21. The maximum absolute atomic E-state index is 13.4. The van der Waals surface area contributed by atoms with Crippen molar-refractivity contribution in [2.45, 2.75) is 57.3 Å². The Morgan fingerprint density at radius 3 is 2.67 bits per heavy atom.